The molecule has 1 rings (SSSR count). The van der Waals surface area contributed by atoms with Crippen molar-refractivity contribution in [3.05, 3.63) is 11.2 Å². The Labute approximate surface area is 126 Å². The van der Waals surface area contributed by atoms with Crippen molar-refractivity contribution < 1.29 is 23.1 Å². The lowest BCUT2D eigenvalue weighted by Gasteiger charge is -2.24. The number of amides is 1. The Morgan fingerprint density at radius 2 is 2.14 bits per heavy atom. The predicted molar refractivity (Wildman–Crippen MR) is 76.5 cm³/mol. The molecule has 0 saturated heterocycles. The maximum Gasteiger partial charge on any atom is 0.321 e. The van der Waals surface area contributed by atoms with E-state index in [-0.39, 0.29) is 23.2 Å². The Morgan fingerprint density at radius 3 is 2.57 bits per heavy atom. The zero-order valence-electron chi connectivity index (χ0n) is 11.9. The normalized spacial score (nSPS) is 13.1. The molecular weight excluding hydrogens is 318 g/mol. The topological polar surface area (TPSA) is 117 Å². The molecule has 21 heavy (non-hydrogen) atoms. The van der Waals surface area contributed by atoms with Gasteiger partial charge in [0.1, 0.15) is 6.04 Å². The summed E-state index contributed by atoms with van der Waals surface area (Å²) in [5.74, 6) is -1.58. The van der Waals surface area contributed by atoms with Gasteiger partial charge in [-0.1, -0.05) is 0 Å². The highest BCUT2D eigenvalue weighted by atomic mass is 32.2. The number of thiazole rings is 1. The molecule has 0 aliphatic carbocycles. The lowest BCUT2D eigenvalue weighted by atomic mass is 10.3. The highest BCUT2D eigenvalue weighted by molar-refractivity contribution is 7.91. The zero-order chi connectivity index (χ0) is 16.2. The first-order valence-corrected chi connectivity index (χ1v) is 8.33. The second-order valence-corrected chi connectivity index (χ2v) is 7.66. The molecule has 0 bridgehead atoms. The molecule has 0 spiro atoms. The standard InChI is InChI=1S/C11H17N3O5S2/c1-7(11(16)17)14(5-4-12-8(2)15)21(18,19)10-6-13-9(3)20-10/h6-7H,4-5H2,1-3H3,(H,12,15)(H,16,17). The Hall–Kier alpha value is -1.52. The van der Waals surface area contributed by atoms with Gasteiger partial charge < -0.3 is 10.4 Å². The summed E-state index contributed by atoms with van der Waals surface area (Å²) in [6.07, 6.45) is 1.20. The number of carboxylic acid groups (broad SMARTS) is 1. The van der Waals surface area contributed by atoms with Gasteiger partial charge in [-0.25, -0.2) is 13.4 Å². The van der Waals surface area contributed by atoms with Crippen LogP contribution in [0.1, 0.15) is 18.9 Å². The zero-order valence-corrected chi connectivity index (χ0v) is 13.5. The summed E-state index contributed by atoms with van der Waals surface area (Å²) in [5, 5.41) is 12.1. The van der Waals surface area contributed by atoms with Gasteiger partial charge in [-0.2, -0.15) is 4.31 Å². The second kappa shape index (κ2) is 6.96. The number of sulfonamides is 1. The molecule has 1 amide bonds. The fourth-order valence-corrected chi connectivity index (χ4v) is 4.39. The van der Waals surface area contributed by atoms with Crippen LogP contribution in [0, 0.1) is 6.92 Å². The molecule has 1 aromatic heterocycles. The Bertz CT molecular complexity index is 626. The van der Waals surface area contributed by atoms with Crippen LogP contribution in [0.4, 0.5) is 0 Å². The van der Waals surface area contributed by atoms with Crippen LogP contribution >= 0.6 is 11.3 Å². The highest BCUT2D eigenvalue weighted by Gasteiger charge is 2.33. The maximum atomic E-state index is 12.5. The number of rotatable bonds is 7. The number of carbonyl (C=O) groups excluding carboxylic acids is 1. The first kappa shape index (κ1) is 17.5. The van der Waals surface area contributed by atoms with Crippen LogP contribution in [0.3, 0.4) is 0 Å². The molecule has 2 N–H and O–H groups in total. The van der Waals surface area contributed by atoms with E-state index < -0.39 is 22.0 Å². The third-order valence-electron chi connectivity index (χ3n) is 2.66. The van der Waals surface area contributed by atoms with Crippen LogP contribution in [-0.2, 0) is 19.6 Å². The summed E-state index contributed by atoms with van der Waals surface area (Å²) in [6.45, 7) is 4.13. The molecule has 1 unspecified atom stereocenters. The van der Waals surface area contributed by atoms with E-state index in [1.165, 1.54) is 20.0 Å². The fourth-order valence-electron chi connectivity index (χ4n) is 1.56. The quantitative estimate of drug-likeness (QED) is 0.727. The average molecular weight is 335 g/mol. The Kier molecular flexibility index (Phi) is 5.81. The summed E-state index contributed by atoms with van der Waals surface area (Å²) in [7, 11) is -3.97. The van der Waals surface area contributed by atoms with Crippen LogP contribution in [0.5, 0.6) is 0 Å². The number of hydrogen-bond donors (Lipinski definition) is 2. The van der Waals surface area contributed by atoms with Crippen molar-refractivity contribution in [1.29, 1.82) is 0 Å². The fraction of sp³-hybridized carbons (Fsp3) is 0.545. The number of carbonyl (C=O) groups is 2. The van der Waals surface area contributed by atoms with Crippen LogP contribution in [0.2, 0.25) is 0 Å². The van der Waals surface area contributed by atoms with Gasteiger partial charge in [0.2, 0.25) is 5.91 Å². The molecule has 118 valence electrons. The van der Waals surface area contributed by atoms with Crippen molar-refractivity contribution in [3.8, 4) is 0 Å². The van der Waals surface area contributed by atoms with Crippen molar-refractivity contribution >= 4 is 33.2 Å². The van der Waals surface area contributed by atoms with E-state index in [9.17, 15) is 18.0 Å². The largest absolute Gasteiger partial charge is 0.480 e. The van der Waals surface area contributed by atoms with Gasteiger partial charge in [0, 0.05) is 20.0 Å². The lowest BCUT2D eigenvalue weighted by Crippen LogP contribution is -2.46. The minimum atomic E-state index is -3.97. The predicted octanol–water partition coefficient (Wildman–Crippen LogP) is 0.0514. The molecule has 1 heterocycles. The van der Waals surface area contributed by atoms with Crippen LogP contribution in [0.15, 0.2) is 10.4 Å². The molecule has 8 nitrogen and oxygen atoms in total. The minimum Gasteiger partial charge on any atom is -0.480 e. The van der Waals surface area contributed by atoms with Crippen molar-refractivity contribution in [2.45, 2.75) is 31.0 Å². The number of carboxylic acids is 1. The Morgan fingerprint density at radius 1 is 1.52 bits per heavy atom. The van der Waals surface area contributed by atoms with Crippen LogP contribution < -0.4 is 5.32 Å². The van der Waals surface area contributed by atoms with Crippen LogP contribution in [-0.4, -0.2) is 53.8 Å². The van der Waals surface area contributed by atoms with Gasteiger partial charge in [0.15, 0.2) is 4.21 Å². The minimum absolute atomic E-state index is 0.0177. The van der Waals surface area contributed by atoms with E-state index in [4.69, 9.17) is 5.11 Å². The van der Waals surface area contributed by atoms with E-state index in [0.29, 0.717) is 5.01 Å². The van der Waals surface area contributed by atoms with E-state index >= 15 is 0 Å². The third-order valence-corrected chi connectivity index (χ3v) is 5.98. The van der Waals surface area contributed by atoms with Gasteiger partial charge in [-0.05, 0) is 13.8 Å². The summed E-state index contributed by atoms with van der Waals surface area (Å²) >= 11 is 0.971. The maximum absolute atomic E-state index is 12.5. The summed E-state index contributed by atoms with van der Waals surface area (Å²) in [6, 6.07) is -1.24. The van der Waals surface area contributed by atoms with Gasteiger partial charge in [0.05, 0.1) is 11.2 Å². The van der Waals surface area contributed by atoms with Crippen molar-refractivity contribution in [2.75, 3.05) is 13.1 Å². The second-order valence-electron chi connectivity index (χ2n) is 4.31. The molecule has 0 fully saturated rings. The molecule has 0 radical (unpaired) electrons. The van der Waals surface area contributed by atoms with Crippen molar-refractivity contribution in [3.63, 3.8) is 0 Å². The lowest BCUT2D eigenvalue weighted by molar-refractivity contribution is -0.140. The van der Waals surface area contributed by atoms with Gasteiger partial charge in [-0.3, -0.25) is 9.59 Å². The van der Waals surface area contributed by atoms with E-state index in [2.05, 4.69) is 10.3 Å². The first-order chi connectivity index (χ1) is 9.66. The average Bonchev–Trinajstić information content (AvgIpc) is 2.80. The molecule has 10 heteroatoms. The van der Waals surface area contributed by atoms with Gasteiger partial charge in [-0.15, -0.1) is 11.3 Å². The highest BCUT2D eigenvalue weighted by Crippen LogP contribution is 2.23. The Balaban J connectivity index is 3.04. The summed E-state index contributed by atoms with van der Waals surface area (Å²) in [5.41, 5.74) is 0. The van der Waals surface area contributed by atoms with Crippen LogP contribution in [0.25, 0.3) is 0 Å². The summed E-state index contributed by atoms with van der Waals surface area (Å²) < 4.78 is 25.8. The first-order valence-electron chi connectivity index (χ1n) is 6.07. The van der Waals surface area contributed by atoms with E-state index in [1.807, 2.05) is 0 Å². The van der Waals surface area contributed by atoms with Gasteiger partial charge >= 0.3 is 5.97 Å². The summed E-state index contributed by atoms with van der Waals surface area (Å²) in [4.78, 5) is 25.8. The van der Waals surface area contributed by atoms with Gasteiger partial charge in [0.25, 0.3) is 10.0 Å². The van der Waals surface area contributed by atoms with E-state index in [0.717, 1.165) is 15.6 Å². The monoisotopic (exact) mass is 335 g/mol. The van der Waals surface area contributed by atoms with E-state index in [1.54, 1.807) is 6.92 Å². The number of nitrogens with one attached hydrogen (secondary N) is 1. The number of nitrogens with zero attached hydrogens (tertiary/aromatic N) is 2. The number of aryl methyl sites for hydroxylation is 1. The van der Waals surface area contributed by atoms with Crippen molar-refractivity contribution in [1.82, 2.24) is 14.6 Å². The molecule has 0 saturated carbocycles. The molecule has 1 atom stereocenters. The molecular formula is C11H17N3O5S2. The molecule has 0 aliphatic heterocycles. The number of hydrogen-bond acceptors (Lipinski definition) is 6. The molecule has 0 aromatic carbocycles. The SMILES string of the molecule is CC(=O)NCCN(C(C)C(=O)O)S(=O)(=O)c1cnc(C)s1. The molecule has 1 aromatic rings. The van der Waals surface area contributed by atoms with Crippen molar-refractivity contribution in [2.24, 2.45) is 0 Å². The third kappa shape index (κ3) is 4.48. The smallest absolute Gasteiger partial charge is 0.321 e. The number of aromatic nitrogens is 1. The number of aliphatic carboxylic acids is 1. The molecule has 0 aliphatic rings.